The van der Waals surface area contributed by atoms with Crippen LogP contribution < -0.4 is 10.1 Å². The van der Waals surface area contributed by atoms with Gasteiger partial charge in [0.2, 0.25) is 5.91 Å². The fourth-order valence-electron chi connectivity index (χ4n) is 2.81. The molecule has 0 radical (unpaired) electrons. The van der Waals surface area contributed by atoms with Gasteiger partial charge in [-0.15, -0.1) is 0 Å². The van der Waals surface area contributed by atoms with Gasteiger partial charge in [-0.3, -0.25) is 4.79 Å². The van der Waals surface area contributed by atoms with Crippen molar-refractivity contribution in [2.75, 3.05) is 12.4 Å². The standard InChI is InChI=1S/C17H13ClF3NO2/c1-8-10-6-11(12-5-9(18)3-4-15(12)24-2)13(17(19,20)21)7-14(10)22-16(8)23/h3-8H,1-2H3,(H,22,23). The Labute approximate surface area is 141 Å². The lowest BCUT2D eigenvalue weighted by Gasteiger charge is -2.18. The predicted molar refractivity (Wildman–Crippen MR) is 85.5 cm³/mol. The van der Waals surface area contributed by atoms with Crippen LogP contribution in [0.2, 0.25) is 5.02 Å². The quantitative estimate of drug-likeness (QED) is 0.814. The van der Waals surface area contributed by atoms with E-state index in [2.05, 4.69) is 5.32 Å². The number of rotatable bonds is 2. The van der Waals surface area contributed by atoms with Gasteiger partial charge in [-0.25, -0.2) is 0 Å². The van der Waals surface area contributed by atoms with Gasteiger partial charge >= 0.3 is 6.18 Å². The van der Waals surface area contributed by atoms with Crippen LogP contribution in [0, 0.1) is 0 Å². The highest BCUT2D eigenvalue weighted by Gasteiger charge is 2.38. The summed E-state index contributed by atoms with van der Waals surface area (Å²) in [6.45, 7) is 1.65. The molecule has 0 bridgehead atoms. The van der Waals surface area contributed by atoms with E-state index in [4.69, 9.17) is 16.3 Å². The normalized spacial score (nSPS) is 16.8. The molecule has 0 saturated carbocycles. The summed E-state index contributed by atoms with van der Waals surface area (Å²) in [5.74, 6) is -0.575. The highest BCUT2D eigenvalue weighted by atomic mass is 35.5. The van der Waals surface area contributed by atoms with Gasteiger partial charge in [0.05, 0.1) is 18.6 Å². The zero-order valence-corrected chi connectivity index (χ0v) is 13.5. The third-order valence-electron chi connectivity index (χ3n) is 4.06. The second-order valence-corrected chi connectivity index (χ2v) is 5.97. The SMILES string of the molecule is COc1ccc(Cl)cc1-c1cc2c(cc1C(F)(F)F)NC(=O)C2C. The molecule has 2 aromatic rings. The Morgan fingerprint density at radius 1 is 1.17 bits per heavy atom. The molecule has 1 N–H and O–H groups in total. The van der Waals surface area contributed by atoms with E-state index in [1.54, 1.807) is 6.92 Å². The Morgan fingerprint density at radius 3 is 2.50 bits per heavy atom. The molecule has 0 aromatic heterocycles. The van der Waals surface area contributed by atoms with Crippen molar-refractivity contribution in [3.8, 4) is 16.9 Å². The van der Waals surface area contributed by atoms with E-state index < -0.39 is 17.7 Å². The minimum Gasteiger partial charge on any atom is -0.496 e. The number of halogens is 4. The highest BCUT2D eigenvalue weighted by molar-refractivity contribution is 6.31. The van der Waals surface area contributed by atoms with Crippen LogP contribution in [0.25, 0.3) is 11.1 Å². The lowest BCUT2D eigenvalue weighted by molar-refractivity contribution is -0.137. The molecular weight excluding hydrogens is 343 g/mol. The maximum absolute atomic E-state index is 13.5. The largest absolute Gasteiger partial charge is 0.496 e. The van der Waals surface area contributed by atoms with Gasteiger partial charge in [0.25, 0.3) is 0 Å². The molecule has 0 spiro atoms. The van der Waals surface area contributed by atoms with Crippen molar-refractivity contribution in [1.29, 1.82) is 0 Å². The summed E-state index contributed by atoms with van der Waals surface area (Å²) in [5.41, 5.74) is 0.0152. The monoisotopic (exact) mass is 355 g/mol. The Kier molecular flexibility index (Phi) is 3.95. The number of anilines is 1. The van der Waals surface area contributed by atoms with Crippen LogP contribution in [-0.4, -0.2) is 13.0 Å². The molecule has 24 heavy (non-hydrogen) atoms. The average molecular weight is 356 g/mol. The van der Waals surface area contributed by atoms with Crippen molar-refractivity contribution in [2.45, 2.75) is 19.0 Å². The first-order chi connectivity index (χ1) is 11.2. The number of methoxy groups -OCH3 is 1. The minimum absolute atomic E-state index is 0.0658. The van der Waals surface area contributed by atoms with Crippen LogP contribution in [0.15, 0.2) is 30.3 Å². The summed E-state index contributed by atoms with van der Waals surface area (Å²) in [5, 5.41) is 2.78. The third-order valence-corrected chi connectivity index (χ3v) is 4.30. The lowest BCUT2D eigenvalue weighted by Crippen LogP contribution is -2.09. The maximum atomic E-state index is 13.5. The molecule has 3 nitrogen and oxygen atoms in total. The second-order valence-electron chi connectivity index (χ2n) is 5.54. The molecule has 0 fully saturated rings. The molecule has 1 amide bonds. The van der Waals surface area contributed by atoms with E-state index in [9.17, 15) is 18.0 Å². The molecule has 3 rings (SSSR count). The third kappa shape index (κ3) is 2.71. The number of carbonyl (C=O) groups excluding carboxylic acids is 1. The smallest absolute Gasteiger partial charge is 0.417 e. The molecule has 0 saturated heterocycles. The number of hydrogen-bond donors (Lipinski definition) is 1. The van der Waals surface area contributed by atoms with Gasteiger partial charge in [0.1, 0.15) is 5.75 Å². The summed E-state index contributed by atoms with van der Waals surface area (Å²) in [6.07, 6.45) is -4.59. The number of amides is 1. The molecule has 1 heterocycles. The van der Waals surface area contributed by atoms with Crippen molar-refractivity contribution in [3.05, 3.63) is 46.5 Å². The summed E-state index contributed by atoms with van der Waals surface area (Å²) in [6, 6.07) is 6.82. The van der Waals surface area contributed by atoms with Crippen molar-refractivity contribution in [1.82, 2.24) is 0 Å². The van der Waals surface area contributed by atoms with Crippen molar-refractivity contribution < 1.29 is 22.7 Å². The number of fused-ring (bicyclic) bond motifs is 1. The summed E-state index contributed by atoms with van der Waals surface area (Å²) < 4.78 is 45.8. The zero-order valence-electron chi connectivity index (χ0n) is 12.8. The van der Waals surface area contributed by atoms with Crippen LogP contribution >= 0.6 is 11.6 Å². The van der Waals surface area contributed by atoms with Gasteiger partial charge in [-0.1, -0.05) is 11.6 Å². The van der Waals surface area contributed by atoms with Gasteiger partial charge in [-0.05, 0) is 48.4 Å². The van der Waals surface area contributed by atoms with Crippen LogP contribution in [0.4, 0.5) is 18.9 Å². The van der Waals surface area contributed by atoms with Crippen LogP contribution in [0.3, 0.4) is 0 Å². The van der Waals surface area contributed by atoms with E-state index in [0.29, 0.717) is 10.6 Å². The van der Waals surface area contributed by atoms with Crippen LogP contribution in [-0.2, 0) is 11.0 Å². The Balaban J connectivity index is 2.32. The van der Waals surface area contributed by atoms with E-state index in [-0.39, 0.29) is 28.5 Å². The lowest BCUT2D eigenvalue weighted by atomic mass is 9.92. The van der Waals surface area contributed by atoms with Crippen molar-refractivity contribution in [2.24, 2.45) is 0 Å². The topological polar surface area (TPSA) is 38.3 Å². The second kappa shape index (κ2) is 5.70. The molecular formula is C17H13ClF3NO2. The molecule has 1 atom stereocenters. The Bertz CT molecular complexity index is 833. The minimum atomic E-state index is -4.59. The molecule has 1 aliphatic heterocycles. The number of nitrogens with one attached hydrogen (secondary N) is 1. The van der Waals surface area contributed by atoms with Crippen LogP contribution in [0.1, 0.15) is 24.0 Å². The first-order valence-corrected chi connectivity index (χ1v) is 7.50. The fourth-order valence-corrected chi connectivity index (χ4v) is 2.99. The average Bonchev–Trinajstić information content (AvgIpc) is 2.80. The Hall–Kier alpha value is -2.21. The first kappa shape index (κ1) is 16.6. The molecule has 2 aromatic carbocycles. The van der Waals surface area contributed by atoms with E-state index in [0.717, 1.165) is 6.07 Å². The van der Waals surface area contributed by atoms with Gasteiger partial charge in [-0.2, -0.15) is 13.2 Å². The van der Waals surface area contributed by atoms with E-state index >= 15 is 0 Å². The maximum Gasteiger partial charge on any atom is 0.417 e. The molecule has 1 aliphatic rings. The summed E-state index contributed by atoms with van der Waals surface area (Å²) in [4.78, 5) is 11.8. The highest BCUT2D eigenvalue weighted by Crippen LogP contribution is 2.46. The van der Waals surface area contributed by atoms with E-state index in [1.165, 1.54) is 31.4 Å². The van der Waals surface area contributed by atoms with Crippen molar-refractivity contribution >= 4 is 23.2 Å². The molecule has 1 unspecified atom stereocenters. The van der Waals surface area contributed by atoms with Gasteiger partial charge in [0.15, 0.2) is 0 Å². The number of benzene rings is 2. The van der Waals surface area contributed by atoms with Crippen LogP contribution in [0.5, 0.6) is 5.75 Å². The Morgan fingerprint density at radius 2 is 1.88 bits per heavy atom. The molecule has 0 aliphatic carbocycles. The van der Waals surface area contributed by atoms with Gasteiger partial charge in [0, 0.05) is 16.3 Å². The van der Waals surface area contributed by atoms with Gasteiger partial charge < -0.3 is 10.1 Å². The molecule has 126 valence electrons. The summed E-state index contributed by atoms with van der Waals surface area (Å²) >= 11 is 5.96. The fraction of sp³-hybridized carbons (Fsp3) is 0.235. The number of hydrogen-bond acceptors (Lipinski definition) is 2. The number of alkyl halides is 3. The predicted octanol–water partition coefficient (Wildman–Crippen LogP) is 5.09. The number of carbonyl (C=O) groups is 1. The first-order valence-electron chi connectivity index (χ1n) is 7.12. The zero-order chi connectivity index (χ0) is 17.6. The summed E-state index contributed by atoms with van der Waals surface area (Å²) in [7, 11) is 1.38. The van der Waals surface area contributed by atoms with Crippen molar-refractivity contribution in [3.63, 3.8) is 0 Å². The number of ether oxygens (including phenoxy) is 1. The van der Waals surface area contributed by atoms with E-state index in [1.807, 2.05) is 0 Å². The molecule has 7 heteroatoms.